The van der Waals surface area contributed by atoms with Gasteiger partial charge in [-0.1, -0.05) is 12.1 Å². The van der Waals surface area contributed by atoms with Crippen LogP contribution in [-0.4, -0.2) is 33.3 Å². The second-order valence-electron chi connectivity index (χ2n) is 5.24. The molecule has 5 nitrogen and oxygen atoms in total. The SMILES string of the molecule is CN=C(NCCCOCc1ccc(OC)cc1)NCc1ccsc1. The number of aliphatic imine (C=N–C) groups is 1. The lowest BCUT2D eigenvalue weighted by Gasteiger charge is -2.11. The van der Waals surface area contributed by atoms with Crippen LogP contribution in [0.15, 0.2) is 46.1 Å². The molecule has 2 rings (SSSR count). The predicted molar refractivity (Wildman–Crippen MR) is 99.8 cm³/mol. The van der Waals surface area contributed by atoms with Gasteiger partial charge in [-0.3, -0.25) is 4.99 Å². The third-order valence-corrected chi connectivity index (χ3v) is 4.18. The summed E-state index contributed by atoms with van der Waals surface area (Å²) in [6.07, 6.45) is 0.926. The second-order valence-corrected chi connectivity index (χ2v) is 6.02. The van der Waals surface area contributed by atoms with Crippen molar-refractivity contribution in [3.8, 4) is 5.75 Å². The maximum absolute atomic E-state index is 5.69. The average Bonchev–Trinajstić information content (AvgIpc) is 3.14. The van der Waals surface area contributed by atoms with Crippen LogP contribution in [0.1, 0.15) is 17.5 Å². The van der Waals surface area contributed by atoms with Gasteiger partial charge < -0.3 is 20.1 Å². The standard InChI is InChI=1S/C18H25N3O2S/c1-19-18(21-12-16-8-11-24-14-16)20-9-3-10-23-13-15-4-6-17(22-2)7-5-15/h4-8,11,14H,3,9-10,12-13H2,1-2H3,(H2,19,20,21). The molecule has 0 radical (unpaired) electrons. The Kier molecular flexibility index (Phi) is 8.13. The zero-order valence-corrected chi connectivity index (χ0v) is 15.1. The van der Waals surface area contributed by atoms with E-state index in [1.807, 2.05) is 24.3 Å². The fourth-order valence-corrected chi connectivity index (χ4v) is 2.76. The number of benzene rings is 1. The third-order valence-electron chi connectivity index (χ3n) is 3.45. The van der Waals surface area contributed by atoms with Gasteiger partial charge in [-0.15, -0.1) is 0 Å². The quantitative estimate of drug-likeness (QED) is 0.416. The molecule has 24 heavy (non-hydrogen) atoms. The molecule has 2 aromatic rings. The highest BCUT2D eigenvalue weighted by molar-refractivity contribution is 7.07. The first-order valence-corrected chi connectivity index (χ1v) is 8.92. The van der Waals surface area contributed by atoms with E-state index in [2.05, 4.69) is 32.5 Å². The van der Waals surface area contributed by atoms with E-state index in [-0.39, 0.29) is 0 Å². The number of nitrogens with one attached hydrogen (secondary N) is 2. The first kappa shape index (κ1) is 18.3. The maximum atomic E-state index is 5.69. The second kappa shape index (κ2) is 10.7. The molecule has 1 aromatic heterocycles. The summed E-state index contributed by atoms with van der Waals surface area (Å²) in [7, 11) is 3.45. The molecule has 0 aliphatic heterocycles. The summed E-state index contributed by atoms with van der Waals surface area (Å²) in [5.74, 6) is 1.68. The Morgan fingerprint density at radius 2 is 1.96 bits per heavy atom. The molecule has 0 saturated heterocycles. The summed E-state index contributed by atoms with van der Waals surface area (Å²) in [6.45, 7) is 2.94. The zero-order chi connectivity index (χ0) is 17.0. The summed E-state index contributed by atoms with van der Waals surface area (Å²) < 4.78 is 10.8. The van der Waals surface area contributed by atoms with E-state index in [0.29, 0.717) is 13.2 Å². The lowest BCUT2D eigenvalue weighted by Crippen LogP contribution is -2.37. The van der Waals surface area contributed by atoms with Crippen molar-refractivity contribution in [1.82, 2.24) is 10.6 Å². The fraction of sp³-hybridized carbons (Fsp3) is 0.389. The van der Waals surface area contributed by atoms with Crippen LogP contribution in [0.5, 0.6) is 5.75 Å². The fourth-order valence-electron chi connectivity index (χ4n) is 2.09. The number of hydrogen-bond donors (Lipinski definition) is 2. The summed E-state index contributed by atoms with van der Waals surface area (Å²) in [5.41, 5.74) is 2.42. The highest BCUT2D eigenvalue weighted by Crippen LogP contribution is 2.11. The van der Waals surface area contributed by atoms with Gasteiger partial charge in [0, 0.05) is 26.7 Å². The molecule has 130 valence electrons. The van der Waals surface area contributed by atoms with Crippen molar-refractivity contribution < 1.29 is 9.47 Å². The number of rotatable bonds is 9. The Morgan fingerprint density at radius 1 is 1.12 bits per heavy atom. The van der Waals surface area contributed by atoms with Crippen LogP contribution in [-0.2, 0) is 17.9 Å². The smallest absolute Gasteiger partial charge is 0.191 e. The van der Waals surface area contributed by atoms with Gasteiger partial charge in [-0.25, -0.2) is 0 Å². The number of nitrogens with zero attached hydrogens (tertiary/aromatic N) is 1. The highest BCUT2D eigenvalue weighted by Gasteiger charge is 1.99. The van der Waals surface area contributed by atoms with E-state index in [4.69, 9.17) is 9.47 Å². The van der Waals surface area contributed by atoms with Crippen LogP contribution in [0.25, 0.3) is 0 Å². The van der Waals surface area contributed by atoms with Gasteiger partial charge in [0.2, 0.25) is 0 Å². The Hall–Kier alpha value is -2.05. The van der Waals surface area contributed by atoms with E-state index in [1.165, 1.54) is 5.56 Å². The molecular weight excluding hydrogens is 322 g/mol. The van der Waals surface area contributed by atoms with E-state index < -0.39 is 0 Å². The van der Waals surface area contributed by atoms with Gasteiger partial charge in [-0.05, 0) is 46.5 Å². The summed E-state index contributed by atoms with van der Waals surface area (Å²) in [4.78, 5) is 4.21. The van der Waals surface area contributed by atoms with Crippen LogP contribution in [0, 0.1) is 0 Å². The summed E-state index contributed by atoms with van der Waals surface area (Å²) in [6, 6.07) is 10.0. The molecule has 0 spiro atoms. The van der Waals surface area contributed by atoms with Crippen LogP contribution < -0.4 is 15.4 Å². The molecule has 1 aromatic carbocycles. The van der Waals surface area contributed by atoms with Crippen molar-refractivity contribution in [3.63, 3.8) is 0 Å². The Bertz CT molecular complexity index is 597. The van der Waals surface area contributed by atoms with Crippen molar-refractivity contribution >= 4 is 17.3 Å². The zero-order valence-electron chi connectivity index (χ0n) is 14.2. The lowest BCUT2D eigenvalue weighted by molar-refractivity contribution is 0.119. The Balaban J connectivity index is 1.54. The first-order valence-electron chi connectivity index (χ1n) is 7.98. The van der Waals surface area contributed by atoms with Crippen LogP contribution in [0.3, 0.4) is 0 Å². The van der Waals surface area contributed by atoms with E-state index in [0.717, 1.165) is 36.8 Å². The number of thiophene rings is 1. The van der Waals surface area contributed by atoms with Gasteiger partial charge in [0.1, 0.15) is 5.75 Å². The number of ether oxygens (including phenoxy) is 2. The Labute approximate surface area is 147 Å². The van der Waals surface area contributed by atoms with Gasteiger partial charge in [0.25, 0.3) is 0 Å². The van der Waals surface area contributed by atoms with E-state index in [1.54, 1.807) is 25.5 Å². The van der Waals surface area contributed by atoms with Crippen molar-refractivity contribution in [2.45, 2.75) is 19.6 Å². The molecule has 2 N–H and O–H groups in total. The minimum Gasteiger partial charge on any atom is -0.497 e. The molecule has 0 aliphatic rings. The molecule has 6 heteroatoms. The molecule has 0 saturated carbocycles. The van der Waals surface area contributed by atoms with Gasteiger partial charge in [0.05, 0.1) is 13.7 Å². The maximum Gasteiger partial charge on any atom is 0.191 e. The van der Waals surface area contributed by atoms with E-state index >= 15 is 0 Å². The van der Waals surface area contributed by atoms with Crippen molar-refractivity contribution in [2.75, 3.05) is 27.3 Å². The van der Waals surface area contributed by atoms with Gasteiger partial charge >= 0.3 is 0 Å². The van der Waals surface area contributed by atoms with Gasteiger partial charge in [0.15, 0.2) is 5.96 Å². The molecule has 0 unspecified atom stereocenters. The molecule has 0 bridgehead atoms. The molecule has 0 atom stereocenters. The Morgan fingerprint density at radius 3 is 2.62 bits per heavy atom. The van der Waals surface area contributed by atoms with Crippen LogP contribution in [0.4, 0.5) is 0 Å². The largest absolute Gasteiger partial charge is 0.497 e. The summed E-state index contributed by atoms with van der Waals surface area (Å²) in [5, 5.41) is 10.8. The van der Waals surface area contributed by atoms with E-state index in [9.17, 15) is 0 Å². The molecule has 1 heterocycles. The topological polar surface area (TPSA) is 54.9 Å². The minimum absolute atomic E-state index is 0.620. The van der Waals surface area contributed by atoms with Crippen molar-refractivity contribution in [2.24, 2.45) is 4.99 Å². The van der Waals surface area contributed by atoms with Crippen molar-refractivity contribution in [3.05, 3.63) is 52.2 Å². The third kappa shape index (κ3) is 6.60. The molecule has 0 aliphatic carbocycles. The monoisotopic (exact) mass is 347 g/mol. The van der Waals surface area contributed by atoms with Crippen LogP contribution in [0.2, 0.25) is 0 Å². The average molecular weight is 347 g/mol. The minimum atomic E-state index is 0.620. The highest BCUT2D eigenvalue weighted by atomic mass is 32.1. The summed E-state index contributed by atoms with van der Waals surface area (Å²) >= 11 is 1.70. The predicted octanol–water partition coefficient (Wildman–Crippen LogP) is 3.03. The van der Waals surface area contributed by atoms with Crippen LogP contribution >= 0.6 is 11.3 Å². The normalized spacial score (nSPS) is 11.3. The molecule has 0 fully saturated rings. The van der Waals surface area contributed by atoms with Gasteiger partial charge in [-0.2, -0.15) is 11.3 Å². The number of guanidine groups is 1. The lowest BCUT2D eigenvalue weighted by atomic mass is 10.2. The van der Waals surface area contributed by atoms with Crippen molar-refractivity contribution in [1.29, 1.82) is 0 Å². The molecule has 0 amide bonds. The number of hydrogen-bond acceptors (Lipinski definition) is 4. The molecular formula is C18H25N3O2S. The number of methoxy groups -OCH3 is 1. The first-order chi connectivity index (χ1) is 11.8.